The molecule has 0 fully saturated rings. The predicted molar refractivity (Wildman–Crippen MR) is 95.5 cm³/mol. The molecule has 0 aromatic heterocycles. The molecule has 0 saturated carbocycles. The van der Waals surface area contributed by atoms with Crippen molar-refractivity contribution in [2.24, 2.45) is 0 Å². The number of nitrogens with one attached hydrogen (secondary N) is 1. The Hall–Kier alpha value is -2.55. The second kappa shape index (κ2) is 8.52. The van der Waals surface area contributed by atoms with Crippen molar-refractivity contribution in [3.05, 3.63) is 63.6 Å². The lowest BCUT2D eigenvalue weighted by Gasteiger charge is -2.14. The van der Waals surface area contributed by atoms with Crippen LogP contribution >= 0.6 is 23.2 Å². The zero-order valence-electron chi connectivity index (χ0n) is 13.3. The first-order valence-electron chi connectivity index (χ1n) is 7.34. The molecule has 2 rings (SSSR count). The number of carbonyl (C=O) groups excluding carboxylic acids is 2. The van der Waals surface area contributed by atoms with Crippen molar-refractivity contribution in [1.82, 2.24) is 0 Å². The van der Waals surface area contributed by atoms with Crippen molar-refractivity contribution in [1.29, 1.82) is 5.26 Å². The summed E-state index contributed by atoms with van der Waals surface area (Å²) in [6.07, 6.45) is -1.13. The first-order chi connectivity index (χ1) is 11.9. The van der Waals surface area contributed by atoms with Crippen LogP contribution in [0.15, 0.2) is 42.5 Å². The molecule has 0 aliphatic carbocycles. The minimum absolute atomic E-state index is 0.132. The fraction of sp³-hybridized carbons (Fsp3) is 0.167. The average Bonchev–Trinajstić information content (AvgIpc) is 2.59. The van der Waals surface area contributed by atoms with E-state index in [4.69, 9.17) is 33.2 Å². The molecule has 25 heavy (non-hydrogen) atoms. The topological polar surface area (TPSA) is 79.2 Å². The van der Waals surface area contributed by atoms with E-state index in [2.05, 4.69) is 5.32 Å². The SMILES string of the molecule is C[C@H](OC(=O)Cc1c(Cl)cccc1Cl)C(=O)Nc1ccc(C#N)cc1. The first kappa shape index (κ1) is 18.8. The van der Waals surface area contributed by atoms with Crippen LogP contribution in [-0.2, 0) is 20.7 Å². The molecule has 0 spiro atoms. The number of rotatable bonds is 5. The molecule has 1 amide bonds. The van der Waals surface area contributed by atoms with E-state index < -0.39 is 18.0 Å². The Bertz CT molecular complexity index is 809. The number of carbonyl (C=O) groups is 2. The molecule has 1 atom stereocenters. The molecular weight excluding hydrogens is 363 g/mol. The monoisotopic (exact) mass is 376 g/mol. The van der Waals surface area contributed by atoms with E-state index in [9.17, 15) is 9.59 Å². The predicted octanol–water partition coefficient (Wildman–Crippen LogP) is 3.98. The molecule has 0 aliphatic rings. The van der Waals surface area contributed by atoms with Crippen LogP contribution in [0, 0.1) is 11.3 Å². The Morgan fingerprint density at radius 3 is 2.32 bits per heavy atom. The molecule has 0 saturated heterocycles. The summed E-state index contributed by atoms with van der Waals surface area (Å²) in [5.41, 5.74) is 1.44. The Labute approximate surface area is 155 Å². The number of hydrogen-bond donors (Lipinski definition) is 1. The maximum absolute atomic E-state index is 12.1. The minimum Gasteiger partial charge on any atom is -0.452 e. The fourth-order valence-corrected chi connectivity index (χ4v) is 2.54. The highest BCUT2D eigenvalue weighted by Crippen LogP contribution is 2.25. The van der Waals surface area contributed by atoms with Crippen molar-refractivity contribution in [3.8, 4) is 6.07 Å². The second-order valence-electron chi connectivity index (χ2n) is 5.19. The smallest absolute Gasteiger partial charge is 0.311 e. The summed E-state index contributed by atoms with van der Waals surface area (Å²) in [4.78, 5) is 24.1. The van der Waals surface area contributed by atoms with E-state index in [0.717, 1.165) is 0 Å². The van der Waals surface area contributed by atoms with Crippen molar-refractivity contribution in [2.75, 3.05) is 5.32 Å². The van der Waals surface area contributed by atoms with Gasteiger partial charge in [-0.2, -0.15) is 5.26 Å². The third-order valence-corrected chi connectivity index (χ3v) is 4.05. The number of ether oxygens (including phenoxy) is 1. The van der Waals surface area contributed by atoms with Gasteiger partial charge < -0.3 is 10.1 Å². The van der Waals surface area contributed by atoms with Crippen LogP contribution in [0.3, 0.4) is 0 Å². The number of amides is 1. The highest BCUT2D eigenvalue weighted by atomic mass is 35.5. The van der Waals surface area contributed by atoms with Gasteiger partial charge in [0.1, 0.15) is 0 Å². The van der Waals surface area contributed by atoms with Crippen molar-refractivity contribution < 1.29 is 14.3 Å². The maximum Gasteiger partial charge on any atom is 0.311 e. The van der Waals surface area contributed by atoms with Gasteiger partial charge in [0.05, 0.1) is 18.1 Å². The summed E-state index contributed by atoms with van der Waals surface area (Å²) >= 11 is 12.0. The summed E-state index contributed by atoms with van der Waals surface area (Å²) in [6.45, 7) is 1.46. The molecule has 1 N–H and O–H groups in total. The van der Waals surface area contributed by atoms with Crippen LogP contribution in [0.2, 0.25) is 10.0 Å². The number of esters is 1. The van der Waals surface area contributed by atoms with Gasteiger partial charge in [-0.05, 0) is 43.3 Å². The van der Waals surface area contributed by atoms with E-state index in [1.165, 1.54) is 6.92 Å². The molecule has 2 aromatic carbocycles. The fourth-order valence-electron chi connectivity index (χ4n) is 2.01. The molecular formula is C18H14Cl2N2O3. The summed E-state index contributed by atoms with van der Waals surface area (Å²) in [5.74, 6) is -1.10. The van der Waals surface area contributed by atoms with Crippen LogP contribution < -0.4 is 5.32 Å². The normalized spacial score (nSPS) is 11.3. The Morgan fingerprint density at radius 1 is 1.16 bits per heavy atom. The van der Waals surface area contributed by atoms with E-state index in [-0.39, 0.29) is 6.42 Å². The number of halogens is 2. The number of nitriles is 1. The Morgan fingerprint density at radius 2 is 1.76 bits per heavy atom. The van der Waals surface area contributed by atoms with Gasteiger partial charge in [0.15, 0.2) is 6.10 Å². The average molecular weight is 377 g/mol. The maximum atomic E-state index is 12.1. The quantitative estimate of drug-likeness (QED) is 0.800. The van der Waals surface area contributed by atoms with Crippen LogP contribution in [0.1, 0.15) is 18.1 Å². The van der Waals surface area contributed by atoms with E-state index >= 15 is 0 Å². The van der Waals surface area contributed by atoms with Crippen molar-refractivity contribution >= 4 is 40.8 Å². The van der Waals surface area contributed by atoms with Gasteiger partial charge in [0, 0.05) is 21.3 Å². The van der Waals surface area contributed by atoms with Gasteiger partial charge in [-0.15, -0.1) is 0 Å². The summed E-state index contributed by atoms with van der Waals surface area (Å²) in [6, 6.07) is 13.2. The zero-order chi connectivity index (χ0) is 18.4. The van der Waals surface area contributed by atoms with E-state index in [0.29, 0.717) is 26.9 Å². The molecule has 128 valence electrons. The molecule has 5 nitrogen and oxygen atoms in total. The lowest BCUT2D eigenvalue weighted by molar-refractivity contribution is -0.152. The Balaban J connectivity index is 1.93. The van der Waals surface area contributed by atoms with Gasteiger partial charge >= 0.3 is 5.97 Å². The highest BCUT2D eigenvalue weighted by Gasteiger charge is 2.19. The third kappa shape index (κ3) is 5.21. The minimum atomic E-state index is -0.996. The van der Waals surface area contributed by atoms with Crippen LogP contribution in [0.25, 0.3) is 0 Å². The van der Waals surface area contributed by atoms with Gasteiger partial charge in [-0.3, -0.25) is 9.59 Å². The molecule has 7 heteroatoms. The van der Waals surface area contributed by atoms with E-state index in [1.807, 2.05) is 6.07 Å². The molecule has 0 bridgehead atoms. The third-order valence-electron chi connectivity index (χ3n) is 3.34. The number of anilines is 1. The summed E-state index contributed by atoms with van der Waals surface area (Å²) in [7, 11) is 0. The van der Waals surface area contributed by atoms with Gasteiger partial charge in [0.25, 0.3) is 5.91 Å². The first-order valence-corrected chi connectivity index (χ1v) is 8.09. The van der Waals surface area contributed by atoms with Crippen LogP contribution in [0.4, 0.5) is 5.69 Å². The van der Waals surface area contributed by atoms with Crippen LogP contribution in [-0.4, -0.2) is 18.0 Å². The highest BCUT2D eigenvalue weighted by molar-refractivity contribution is 6.36. The molecule has 0 radical (unpaired) electrons. The summed E-state index contributed by atoms with van der Waals surface area (Å²) < 4.78 is 5.12. The van der Waals surface area contributed by atoms with Gasteiger partial charge in [0.2, 0.25) is 0 Å². The zero-order valence-corrected chi connectivity index (χ0v) is 14.8. The number of benzene rings is 2. The van der Waals surface area contributed by atoms with E-state index in [1.54, 1.807) is 42.5 Å². The molecule has 2 aromatic rings. The van der Waals surface area contributed by atoms with Crippen molar-refractivity contribution in [2.45, 2.75) is 19.4 Å². The standard InChI is InChI=1S/C18H14Cl2N2O3/c1-11(18(24)22-13-7-5-12(10-21)6-8-13)25-17(23)9-14-15(19)3-2-4-16(14)20/h2-8,11H,9H2,1H3,(H,22,24)/t11-/m0/s1. The second-order valence-corrected chi connectivity index (χ2v) is 6.00. The number of nitrogens with zero attached hydrogens (tertiary/aromatic N) is 1. The number of hydrogen-bond acceptors (Lipinski definition) is 4. The molecule has 0 aliphatic heterocycles. The van der Waals surface area contributed by atoms with Crippen molar-refractivity contribution in [3.63, 3.8) is 0 Å². The van der Waals surface area contributed by atoms with Gasteiger partial charge in [-0.1, -0.05) is 29.3 Å². The van der Waals surface area contributed by atoms with Gasteiger partial charge in [-0.25, -0.2) is 0 Å². The largest absolute Gasteiger partial charge is 0.452 e. The summed E-state index contributed by atoms with van der Waals surface area (Å²) in [5, 5.41) is 12.1. The molecule has 0 heterocycles. The molecule has 0 unspecified atom stereocenters. The Kier molecular flexibility index (Phi) is 6.40. The lowest BCUT2D eigenvalue weighted by Crippen LogP contribution is -2.30. The van der Waals surface area contributed by atoms with Crippen LogP contribution in [0.5, 0.6) is 0 Å². The lowest BCUT2D eigenvalue weighted by atomic mass is 10.1.